The van der Waals surface area contributed by atoms with Crippen LogP contribution in [0.4, 0.5) is 0 Å². The van der Waals surface area contributed by atoms with E-state index in [1.54, 1.807) is 12.5 Å². The fourth-order valence-corrected chi connectivity index (χ4v) is 1.35. The van der Waals surface area contributed by atoms with Crippen LogP contribution >= 0.6 is 0 Å². The van der Waals surface area contributed by atoms with Crippen LogP contribution in [0.25, 0.3) is 0 Å². The zero-order valence-electron chi connectivity index (χ0n) is 9.36. The highest BCUT2D eigenvalue weighted by molar-refractivity contribution is 5.68. The fourth-order valence-electron chi connectivity index (χ4n) is 1.35. The van der Waals surface area contributed by atoms with Crippen LogP contribution in [-0.4, -0.2) is 22.6 Å². The lowest BCUT2D eigenvalue weighted by molar-refractivity contribution is -0.140. The molecule has 84 valence electrons. The lowest BCUT2D eigenvalue weighted by atomic mass is 10.0. The highest BCUT2D eigenvalue weighted by atomic mass is 16.5. The van der Waals surface area contributed by atoms with Gasteiger partial charge in [0.05, 0.1) is 31.1 Å². The normalized spacial score (nSPS) is 11.5. The maximum absolute atomic E-state index is 11.0. The molecule has 0 amide bonds. The largest absolute Gasteiger partial charge is 0.469 e. The molecular formula is C10H17N3O2. The van der Waals surface area contributed by atoms with Gasteiger partial charge < -0.3 is 15.0 Å². The van der Waals surface area contributed by atoms with E-state index in [0.29, 0.717) is 13.0 Å². The van der Waals surface area contributed by atoms with Crippen LogP contribution < -0.4 is 5.73 Å². The van der Waals surface area contributed by atoms with Gasteiger partial charge in [0, 0.05) is 12.7 Å². The Bertz CT molecular complexity index is 339. The summed E-state index contributed by atoms with van der Waals surface area (Å²) in [5.74, 6) is -0.232. The molecule has 5 heteroatoms. The average Bonchev–Trinajstić information content (AvgIpc) is 2.61. The summed E-state index contributed by atoms with van der Waals surface area (Å²) in [4.78, 5) is 15.0. The van der Waals surface area contributed by atoms with Gasteiger partial charge in [-0.2, -0.15) is 0 Å². The Labute approximate surface area is 89.2 Å². The van der Waals surface area contributed by atoms with Gasteiger partial charge in [-0.05, 0) is 13.8 Å². The Morgan fingerprint density at radius 3 is 2.87 bits per heavy atom. The summed E-state index contributed by atoms with van der Waals surface area (Å²) in [5, 5.41) is 0. The summed E-state index contributed by atoms with van der Waals surface area (Å²) in [6.07, 6.45) is 3.72. The Kier molecular flexibility index (Phi) is 3.47. The first kappa shape index (κ1) is 11.7. The zero-order chi connectivity index (χ0) is 11.5. The van der Waals surface area contributed by atoms with Crippen LogP contribution in [0.5, 0.6) is 0 Å². The first-order chi connectivity index (χ1) is 6.95. The number of carbonyl (C=O) groups is 1. The van der Waals surface area contributed by atoms with Gasteiger partial charge in [-0.3, -0.25) is 4.79 Å². The number of ether oxygens (including phenoxy) is 1. The number of nitrogens with two attached hydrogens (primary N) is 1. The van der Waals surface area contributed by atoms with Crippen molar-refractivity contribution in [2.75, 3.05) is 7.11 Å². The number of nitrogens with zero attached hydrogens (tertiary/aromatic N) is 2. The summed E-state index contributed by atoms with van der Waals surface area (Å²) in [6, 6.07) is 0. The molecule has 0 aliphatic rings. The zero-order valence-corrected chi connectivity index (χ0v) is 9.36. The Hall–Kier alpha value is -1.36. The maximum atomic E-state index is 11.0. The standard InChI is InChI=1S/C10H17N3O2/c1-10(2,11)8-6-12-7-13(8)5-4-9(14)15-3/h6-7H,4-5,11H2,1-3H3. The summed E-state index contributed by atoms with van der Waals surface area (Å²) < 4.78 is 6.44. The third-order valence-corrected chi connectivity index (χ3v) is 2.16. The van der Waals surface area contributed by atoms with Crippen molar-refractivity contribution in [2.45, 2.75) is 32.4 Å². The van der Waals surface area contributed by atoms with E-state index in [9.17, 15) is 4.79 Å². The van der Waals surface area contributed by atoms with Gasteiger partial charge >= 0.3 is 5.97 Å². The molecule has 5 nitrogen and oxygen atoms in total. The van der Waals surface area contributed by atoms with Crippen molar-refractivity contribution in [1.82, 2.24) is 9.55 Å². The van der Waals surface area contributed by atoms with Crippen molar-refractivity contribution in [3.05, 3.63) is 18.2 Å². The number of carbonyl (C=O) groups excluding carboxylic acids is 1. The van der Waals surface area contributed by atoms with Crippen molar-refractivity contribution in [2.24, 2.45) is 5.73 Å². The molecular weight excluding hydrogens is 194 g/mol. The summed E-state index contributed by atoms with van der Waals surface area (Å²) in [5.41, 5.74) is 6.42. The van der Waals surface area contributed by atoms with E-state index in [-0.39, 0.29) is 5.97 Å². The predicted molar refractivity (Wildman–Crippen MR) is 56.1 cm³/mol. The van der Waals surface area contributed by atoms with Crippen LogP contribution in [0, 0.1) is 0 Å². The van der Waals surface area contributed by atoms with E-state index < -0.39 is 5.54 Å². The molecule has 0 atom stereocenters. The van der Waals surface area contributed by atoms with Crippen LogP contribution in [0.15, 0.2) is 12.5 Å². The van der Waals surface area contributed by atoms with Gasteiger partial charge in [0.1, 0.15) is 0 Å². The van der Waals surface area contributed by atoms with E-state index in [1.807, 2.05) is 18.4 Å². The van der Waals surface area contributed by atoms with E-state index in [2.05, 4.69) is 9.72 Å². The average molecular weight is 211 g/mol. The second kappa shape index (κ2) is 4.44. The van der Waals surface area contributed by atoms with Crippen molar-refractivity contribution < 1.29 is 9.53 Å². The third-order valence-electron chi connectivity index (χ3n) is 2.16. The number of aryl methyl sites for hydroxylation is 1. The van der Waals surface area contributed by atoms with Gasteiger partial charge in [0.2, 0.25) is 0 Å². The molecule has 0 fully saturated rings. The maximum Gasteiger partial charge on any atom is 0.307 e. The van der Waals surface area contributed by atoms with Crippen molar-refractivity contribution in [3.8, 4) is 0 Å². The molecule has 0 unspecified atom stereocenters. The van der Waals surface area contributed by atoms with Gasteiger partial charge in [-0.25, -0.2) is 4.98 Å². The van der Waals surface area contributed by atoms with E-state index in [4.69, 9.17) is 5.73 Å². The lowest BCUT2D eigenvalue weighted by Gasteiger charge is -2.20. The third kappa shape index (κ3) is 3.06. The Balaban J connectivity index is 2.70. The van der Waals surface area contributed by atoms with Gasteiger partial charge in [0.15, 0.2) is 0 Å². The number of rotatable bonds is 4. The van der Waals surface area contributed by atoms with Gasteiger partial charge in [-0.1, -0.05) is 0 Å². The molecule has 1 heterocycles. The molecule has 0 radical (unpaired) electrons. The summed E-state index contributed by atoms with van der Waals surface area (Å²) in [6.45, 7) is 4.35. The number of hydrogen-bond donors (Lipinski definition) is 1. The number of methoxy groups -OCH3 is 1. The quantitative estimate of drug-likeness (QED) is 0.742. The molecule has 1 rings (SSSR count). The monoisotopic (exact) mass is 211 g/mol. The van der Waals surface area contributed by atoms with E-state index in [0.717, 1.165) is 5.69 Å². The number of imidazole rings is 1. The second-order valence-corrected chi connectivity index (χ2v) is 4.02. The minimum Gasteiger partial charge on any atom is -0.469 e. The molecule has 0 aromatic carbocycles. The van der Waals surface area contributed by atoms with Crippen LogP contribution in [0.3, 0.4) is 0 Å². The SMILES string of the molecule is COC(=O)CCn1cncc1C(C)(C)N. The highest BCUT2D eigenvalue weighted by Crippen LogP contribution is 2.16. The van der Waals surface area contributed by atoms with Gasteiger partial charge in [0.25, 0.3) is 0 Å². The lowest BCUT2D eigenvalue weighted by Crippen LogP contribution is -2.31. The molecule has 0 saturated carbocycles. The number of aromatic nitrogens is 2. The summed E-state index contributed by atoms with van der Waals surface area (Å²) in [7, 11) is 1.38. The molecule has 0 aliphatic carbocycles. The van der Waals surface area contributed by atoms with Gasteiger partial charge in [-0.15, -0.1) is 0 Å². The summed E-state index contributed by atoms with van der Waals surface area (Å²) >= 11 is 0. The Morgan fingerprint density at radius 1 is 1.67 bits per heavy atom. The number of esters is 1. The van der Waals surface area contributed by atoms with Crippen LogP contribution in [-0.2, 0) is 21.6 Å². The fraction of sp³-hybridized carbons (Fsp3) is 0.600. The molecule has 0 saturated heterocycles. The first-order valence-electron chi connectivity index (χ1n) is 4.81. The van der Waals surface area contributed by atoms with Crippen molar-refractivity contribution in [3.63, 3.8) is 0 Å². The van der Waals surface area contributed by atoms with E-state index >= 15 is 0 Å². The second-order valence-electron chi connectivity index (χ2n) is 4.02. The van der Waals surface area contributed by atoms with Crippen LogP contribution in [0.2, 0.25) is 0 Å². The molecule has 0 bridgehead atoms. The molecule has 15 heavy (non-hydrogen) atoms. The minimum absolute atomic E-state index is 0.232. The molecule has 1 aromatic rings. The topological polar surface area (TPSA) is 70.1 Å². The minimum atomic E-state index is -0.452. The molecule has 1 aromatic heterocycles. The van der Waals surface area contributed by atoms with Crippen LogP contribution in [0.1, 0.15) is 26.0 Å². The Morgan fingerprint density at radius 2 is 2.33 bits per heavy atom. The molecule has 2 N–H and O–H groups in total. The molecule has 0 spiro atoms. The predicted octanol–water partition coefficient (Wildman–Crippen LogP) is 0.640. The van der Waals surface area contributed by atoms with Crippen molar-refractivity contribution in [1.29, 1.82) is 0 Å². The smallest absolute Gasteiger partial charge is 0.307 e. The molecule has 0 aliphatic heterocycles. The first-order valence-corrected chi connectivity index (χ1v) is 4.81. The number of hydrogen-bond acceptors (Lipinski definition) is 4. The van der Waals surface area contributed by atoms with Crippen molar-refractivity contribution >= 4 is 5.97 Å². The highest BCUT2D eigenvalue weighted by Gasteiger charge is 2.19. The van der Waals surface area contributed by atoms with E-state index in [1.165, 1.54) is 7.11 Å².